The molecule has 2 rings (SSSR count). The Bertz CT molecular complexity index is 359. The number of nitrogens with one attached hydrogen (secondary N) is 1. The van der Waals surface area contributed by atoms with Gasteiger partial charge in [-0.15, -0.1) is 0 Å². The van der Waals surface area contributed by atoms with Crippen LogP contribution in [0.5, 0.6) is 0 Å². The number of amides is 2. The van der Waals surface area contributed by atoms with Gasteiger partial charge in [0.2, 0.25) is 0 Å². The maximum Gasteiger partial charge on any atom is 0.317 e. The van der Waals surface area contributed by atoms with Crippen molar-refractivity contribution in [3.05, 3.63) is 0 Å². The summed E-state index contributed by atoms with van der Waals surface area (Å²) >= 11 is 0. The first-order valence-corrected chi connectivity index (χ1v) is 7.29. The maximum atomic E-state index is 12.3. The van der Waals surface area contributed by atoms with Gasteiger partial charge in [-0.25, -0.2) is 4.79 Å². The maximum absolute atomic E-state index is 12.3. The second-order valence-corrected chi connectivity index (χ2v) is 6.10. The van der Waals surface area contributed by atoms with Crippen molar-refractivity contribution >= 4 is 12.0 Å². The van der Waals surface area contributed by atoms with Crippen molar-refractivity contribution < 1.29 is 14.7 Å². The van der Waals surface area contributed by atoms with E-state index in [-0.39, 0.29) is 18.1 Å². The molecule has 2 fully saturated rings. The van der Waals surface area contributed by atoms with Crippen molar-refractivity contribution in [2.75, 3.05) is 6.54 Å². The number of piperidine rings is 1. The van der Waals surface area contributed by atoms with E-state index in [4.69, 9.17) is 5.11 Å². The Labute approximate surface area is 114 Å². The molecule has 0 radical (unpaired) electrons. The number of hydrogen-bond acceptors (Lipinski definition) is 2. The number of hydrogen-bond donors (Lipinski definition) is 2. The lowest BCUT2D eigenvalue weighted by Crippen LogP contribution is -2.52. The Kier molecular flexibility index (Phi) is 4.32. The SMILES string of the molecule is CC1CCN(C(=O)NC2CCCC2C(=O)O)C(C)C1. The van der Waals surface area contributed by atoms with Gasteiger partial charge in [0.05, 0.1) is 5.92 Å². The van der Waals surface area contributed by atoms with Crippen LogP contribution in [0.3, 0.4) is 0 Å². The smallest absolute Gasteiger partial charge is 0.317 e. The highest BCUT2D eigenvalue weighted by Gasteiger charge is 2.36. The summed E-state index contributed by atoms with van der Waals surface area (Å²) in [5, 5.41) is 12.1. The number of carboxylic acid groups (broad SMARTS) is 1. The van der Waals surface area contributed by atoms with Crippen LogP contribution in [-0.4, -0.2) is 40.6 Å². The predicted octanol–water partition coefficient (Wildman–Crippen LogP) is 2.07. The highest BCUT2D eigenvalue weighted by molar-refractivity contribution is 5.77. The molecule has 0 spiro atoms. The van der Waals surface area contributed by atoms with E-state index in [1.54, 1.807) is 0 Å². The molecule has 4 atom stereocenters. The van der Waals surface area contributed by atoms with E-state index in [0.717, 1.165) is 32.2 Å². The molecule has 1 aliphatic carbocycles. The largest absolute Gasteiger partial charge is 0.481 e. The molecule has 5 nitrogen and oxygen atoms in total. The van der Waals surface area contributed by atoms with Crippen LogP contribution in [0.1, 0.15) is 46.0 Å². The van der Waals surface area contributed by atoms with Gasteiger partial charge in [-0.1, -0.05) is 13.3 Å². The Hall–Kier alpha value is -1.26. The Morgan fingerprint density at radius 1 is 1.21 bits per heavy atom. The van der Waals surface area contributed by atoms with Crippen molar-refractivity contribution in [3.63, 3.8) is 0 Å². The molecule has 2 amide bonds. The fraction of sp³-hybridized carbons (Fsp3) is 0.857. The van der Waals surface area contributed by atoms with Gasteiger partial charge in [-0.2, -0.15) is 0 Å². The van der Waals surface area contributed by atoms with Crippen molar-refractivity contribution in [3.8, 4) is 0 Å². The molecule has 0 aromatic carbocycles. The fourth-order valence-corrected chi connectivity index (χ4v) is 3.38. The van der Waals surface area contributed by atoms with Crippen LogP contribution < -0.4 is 5.32 Å². The van der Waals surface area contributed by atoms with E-state index in [9.17, 15) is 9.59 Å². The number of nitrogens with zero attached hydrogens (tertiary/aromatic N) is 1. The van der Waals surface area contributed by atoms with Gasteiger partial charge in [0.15, 0.2) is 0 Å². The number of likely N-dealkylation sites (tertiary alicyclic amines) is 1. The quantitative estimate of drug-likeness (QED) is 0.805. The standard InChI is InChI=1S/C14H24N2O3/c1-9-6-7-16(10(2)8-9)14(19)15-12-5-3-4-11(12)13(17)18/h9-12H,3-8H2,1-2H3,(H,15,19)(H,17,18). The van der Waals surface area contributed by atoms with Crippen molar-refractivity contribution in [2.45, 2.75) is 58.0 Å². The first kappa shape index (κ1) is 14.2. The third kappa shape index (κ3) is 3.19. The predicted molar refractivity (Wildman–Crippen MR) is 71.9 cm³/mol. The third-order valence-corrected chi connectivity index (χ3v) is 4.54. The molecule has 0 aromatic heterocycles. The number of urea groups is 1. The molecule has 2 N–H and O–H groups in total. The van der Waals surface area contributed by atoms with E-state index in [2.05, 4.69) is 19.2 Å². The molecule has 19 heavy (non-hydrogen) atoms. The second-order valence-electron chi connectivity index (χ2n) is 6.10. The van der Waals surface area contributed by atoms with Gasteiger partial charge in [0.1, 0.15) is 0 Å². The molecule has 4 unspecified atom stereocenters. The van der Waals surface area contributed by atoms with Crippen LogP contribution in [0, 0.1) is 11.8 Å². The fourth-order valence-electron chi connectivity index (χ4n) is 3.38. The highest BCUT2D eigenvalue weighted by atomic mass is 16.4. The van der Waals surface area contributed by atoms with Crippen molar-refractivity contribution in [1.82, 2.24) is 10.2 Å². The summed E-state index contributed by atoms with van der Waals surface area (Å²) in [4.78, 5) is 25.2. The third-order valence-electron chi connectivity index (χ3n) is 4.54. The van der Waals surface area contributed by atoms with Crippen LogP contribution in [0.15, 0.2) is 0 Å². The number of carboxylic acids is 1. The lowest BCUT2D eigenvalue weighted by Gasteiger charge is -2.37. The zero-order valence-corrected chi connectivity index (χ0v) is 11.8. The number of carbonyl (C=O) groups is 2. The van der Waals surface area contributed by atoms with Gasteiger partial charge >= 0.3 is 12.0 Å². The van der Waals surface area contributed by atoms with Crippen LogP contribution in [0.2, 0.25) is 0 Å². The summed E-state index contributed by atoms with van der Waals surface area (Å²) in [5.74, 6) is -0.539. The average molecular weight is 268 g/mol. The molecule has 5 heteroatoms. The minimum absolute atomic E-state index is 0.0856. The molecule has 1 heterocycles. The van der Waals surface area contributed by atoms with Gasteiger partial charge in [-0.3, -0.25) is 4.79 Å². The lowest BCUT2D eigenvalue weighted by molar-refractivity contribution is -0.142. The van der Waals surface area contributed by atoms with E-state index in [1.807, 2.05) is 4.90 Å². The van der Waals surface area contributed by atoms with E-state index in [0.29, 0.717) is 12.3 Å². The summed E-state index contributed by atoms with van der Waals surface area (Å²) in [7, 11) is 0. The number of rotatable bonds is 2. The monoisotopic (exact) mass is 268 g/mol. The first-order valence-electron chi connectivity index (χ1n) is 7.29. The van der Waals surface area contributed by atoms with Gasteiger partial charge in [-0.05, 0) is 38.5 Å². The Morgan fingerprint density at radius 3 is 2.58 bits per heavy atom. The van der Waals surface area contributed by atoms with Gasteiger partial charge in [0.25, 0.3) is 0 Å². The topological polar surface area (TPSA) is 69.6 Å². The summed E-state index contributed by atoms with van der Waals surface area (Å²) in [5.41, 5.74) is 0. The minimum atomic E-state index is -0.789. The Balaban J connectivity index is 1.92. The lowest BCUT2D eigenvalue weighted by atomic mass is 9.93. The van der Waals surface area contributed by atoms with Gasteiger partial charge < -0.3 is 15.3 Å². The van der Waals surface area contributed by atoms with Crippen LogP contribution in [-0.2, 0) is 4.79 Å². The van der Waals surface area contributed by atoms with Crippen molar-refractivity contribution in [2.24, 2.45) is 11.8 Å². The Morgan fingerprint density at radius 2 is 1.95 bits per heavy atom. The summed E-state index contributed by atoms with van der Waals surface area (Å²) < 4.78 is 0. The molecular weight excluding hydrogens is 244 g/mol. The molecule has 1 saturated carbocycles. The van der Waals surface area contributed by atoms with Gasteiger partial charge in [0, 0.05) is 18.6 Å². The van der Waals surface area contributed by atoms with Crippen LogP contribution in [0.25, 0.3) is 0 Å². The van der Waals surface area contributed by atoms with E-state index < -0.39 is 11.9 Å². The molecule has 108 valence electrons. The highest BCUT2D eigenvalue weighted by Crippen LogP contribution is 2.27. The number of aliphatic carboxylic acids is 1. The minimum Gasteiger partial charge on any atom is -0.481 e. The second kappa shape index (κ2) is 5.80. The molecular formula is C14H24N2O3. The normalized spacial score (nSPS) is 35.2. The summed E-state index contributed by atoms with van der Waals surface area (Å²) in [6.45, 7) is 5.06. The molecule has 0 aromatic rings. The summed E-state index contributed by atoms with van der Waals surface area (Å²) in [6, 6.07) is -0.0393. The average Bonchev–Trinajstić information content (AvgIpc) is 2.76. The molecule has 1 aliphatic heterocycles. The molecule has 1 saturated heterocycles. The molecule has 0 bridgehead atoms. The van der Waals surface area contributed by atoms with E-state index >= 15 is 0 Å². The summed E-state index contributed by atoms with van der Waals surface area (Å²) in [6.07, 6.45) is 4.40. The van der Waals surface area contributed by atoms with Crippen LogP contribution in [0.4, 0.5) is 4.79 Å². The van der Waals surface area contributed by atoms with Crippen molar-refractivity contribution in [1.29, 1.82) is 0 Å². The first-order chi connectivity index (χ1) is 8.99. The zero-order chi connectivity index (χ0) is 14.0. The van der Waals surface area contributed by atoms with Crippen LogP contribution >= 0.6 is 0 Å². The zero-order valence-electron chi connectivity index (χ0n) is 11.8. The molecule has 2 aliphatic rings. The van der Waals surface area contributed by atoms with E-state index in [1.165, 1.54) is 0 Å². The number of carbonyl (C=O) groups excluding carboxylic acids is 1.